The van der Waals surface area contributed by atoms with Gasteiger partial charge < -0.3 is 5.32 Å². The average molecular weight is 451 g/mol. The number of hydrogen-bond acceptors (Lipinski definition) is 3. The van der Waals surface area contributed by atoms with E-state index in [9.17, 15) is 13.2 Å². The monoisotopic (exact) mass is 450 g/mol. The van der Waals surface area contributed by atoms with E-state index >= 15 is 0 Å². The predicted octanol–water partition coefficient (Wildman–Crippen LogP) is 4.22. The van der Waals surface area contributed by atoms with Crippen molar-refractivity contribution in [2.45, 2.75) is 68.2 Å². The predicted molar refractivity (Wildman–Crippen MR) is 117 cm³/mol. The fraction of sp³-hybridized carbons (Fsp3) is 0.696. The van der Waals surface area contributed by atoms with Gasteiger partial charge in [-0.1, -0.05) is 17.7 Å². The van der Waals surface area contributed by atoms with Crippen molar-refractivity contribution in [3.05, 3.63) is 29.3 Å². The number of halogens is 1. The van der Waals surface area contributed by atoms with Crippen LogP contribution in [-0.4, -0.2) is 37.3 Å². The molecule has 1 aromatic carbocycles. The SMILES string of the molecule is O=C(CC1CCN(S(=O)(=O)c2cccc(Cl)c2)CC1)NC12CC3CC(CC(C3)C1)C2. The van der Waals surface area contributed by atoms with Crippen LogP contribution in [0.25, 0.3) is 0 Å². The molecule has 164 valence electrons. The zero-order valence-corrected chi connectivity index (χ0v) is 18.9. The van der Waals surface area contributed by atoms with Gasteiger partial charge in [0.2, 0.25) is 15.9 Å². The van der Waals surface area contributed by atoms with Crippen LogP contribution in [0.3, 0.4) is 0 Å². The van der Waals surface area contributed by atoms with Crippen LogP contribution in [-0.2, 0) is 14.8 Å². The molecule has 0 aromatic heterocycles. The van der Waals surface area contributed by atoms with Crippen LogP contribution < -0.4 is 5.32 Å². The molecule has 5 fully saturated rings. The maximum absolute atomic E-state index is 12.9. The molecule has 0 spiro atoms. The molecule has 1 amide bonds. The van der Waals surface area contributed by atoms with Crippen LogP contribution in [0.2, 0.25) is 5.02 Å². The molecule has 5 nitrogen and oxygen atoms in total. The summed E-state index contributed by atoms with van der Waals surface area (Å²) in [6.07, 6.45) is 9.59. The third-order valence-corrected chi connectivity index (χ3v) is 10.1. The Hall–Kier alpha value is -1.11. The lowest BCUT2D eigenvalue weighted by Crippen LogP contribution is -2.60. The summed E-state index contributed by atoms with van der Waals surface area (Å²) in [7, 11) is -3.52. The van der Waals surface area contributed by atoms with Crippen molar-refractivity contribution in [2.75, 3.05) is 13.1 Å². The Bertz CT molecular complexity index is 889. The number of benzene rings is 1. The summed E-state index contributed by atoms with van der Waals surface area (Å²) >= 11 is 5.97. The molecular weight excluding hydrogens is 420 g/mol. The highest BCUT2D eigenvalue weighted by molar-refractivity contribution is 7.89. The smallest absolute Gasteiger partial charge is 0.243 e. The first-order valence-corrected chi connectivity index (χ1v) is 13.2. The number of nitrogens with zero attached hydrogens (tertiary/aromatic N) is 1. The van der Waals surface area contributed by atoms with E-state index in [0.29, 0.717) is 24.5 Å². The highest BCUT2D eigenvalue weighted by atomic mass is 35.5. The van der Waals surface area contributed by atoms with Gasteiger partial charge in [-0.25, -0.2) is 8.42 Å². The van der Waals surface area contributed by atoms with Crippen molar-refractivity contribution in [1.82, 2.24) is 9.62 Å². The average Bonchev–Trinajstić information content (AvgIpc) is 2.67. The highest BCUT2D eigenvalue weighted by Gasteiger charge is 2.51. The largest absolute Gasteiger partial charge is 0.351 e. The van der Waals surface area contributed by atoms with Gasteiger partial charge >= 0.3 is 0 Å². The molecule has 1 aliphatic heterocycles. The maximum Gasteiger partial charge on any atom is 0.243 e. The third kappa shape index (κ3) is 4.03. The molecule has 0 atom stereocenters. The summed E-state index contributed by atoms with van der Waals surface area (Å²) in [5.74, 6) is 2.88. The van der Waals surface area contributed by atoms with Gasteiger partial charge in [0.1, 0.15) is 0 Å². The second-order valence-electron chi connectivity index (χ2n) is 10.3. The molecule has 6 rings (SSSR count). The molecule has 0 unspecified atom stereocenters. The van der Waals surface area contributed by atoms with Crippen molar-refractivity contribution in [3.8, 4) is 0 Å². The van der Waals surface area contributed by atoms with E-state index in [4.69, 9.17) is 11.6 Å². The van der Waals surface area contributed by atoms with E-state index in [1.165, 1.54) is 48.9 Å². The van der Waals surface area contributed by atoms with Crippen molar-refractivity contribution in [1.29, 1.82) is 0 Å². The van der Waals surface area contributed by atoms with E-state index in [-0.39, 0.29) is 22.3 Å². The summed E-state index contributed by atoms with van der Waals surface area (Å²) < 4.78 is 27.3. The van der Waals surface area contributed by atoms with Crippen molar-refractivity contribution in [2.24, 2.45) is 23.7 Å². The second-order valence-corrected chi connectivity index (χ2v) is 12.6. The van der Waals surface area contributed by atoms with Gasteiger partial charge in [-0.15, -0.1) is 0 Å². The first-order valence-electron chi connectivity index (χ1n) is 11.4. The van der Waals surface area contributed by atoms with E-state index in [1.54, 1.807) is 18.2 Å². The first-order chi connectivity index (χ1) is 14.3. The Morgan fingerprint density at radius 1 is 1.07 bits per heavy atom. The zero-order valence-electron chi connectivity index (χ0n) is 17.4. The minimum atomic E-state index is -3.52. The summed E-state index contributed by atoms with van der Waals surface area (Å²) in [5.41, 5.74) is 0.0580. The molecule has 4 saturated carbocycles. The number of amides is 1. The summed E-state index contributed by atoms with van der Waals surface area (Å²) in [5, 5.41) is 3.88. The number of carbonyl (C=O) groups is 1. The van der Waals surface area contributed by atoms with E-state index < -0.39 is 10.0 Å². The summed E-state index contributed by atoms with van der Waals surface area (Å²) in [4.78, 5) is 13.1. The molecule has 1 aromatic rings. The van der Waals surface area contributed by atoms with Crippen molar-refractivity contribution < 1.29 is 13.2 Å². The van der Waals surface area contributed by atoms with Gasteiger partial charge in [0.05, 0.1) is 4.90 Å². The number of carbonyl (C=O) groups excluding carboxylic acids is 1. The molecule has 30 heavy (non-hydrogen) atoms. The molecule has 4 aliphatic carbocycles. The highest BCUT2D eigenvalue weighted by Crippen LogP contribution is 2.55. The van der Waals surface area contributed by atoms with Crippen LogP contribution in [0, 0.1) is 23.7 Å². The molecule has 7 heteroatoms. The Labute approximate surface area is 184 Å². The van der Waals surface area contributed by atoms with E-state index in [2.05, 4.69) is 5.32 Å². The van der Waals surface area contributed by atoms with Gasteiger partial charge in [0.15, 0.2) is 0 Å². The lowest BCUT2D eigenvalue weighted by Gasteiger charge is -2.57. The lowest BCUT2D eigenvalue weighted by atomic mass is 9.53. The number of rotatable bonds is 5. The first kappa shape index (κ1) is 20.8. The fourth-order valence-corrected chi connectivity index (χ4v) is 8.77. The zero-order chi connectivity index (χ0) is 20.9. The molecule has 0 radical (unpaired) electrons. The summed E-state index contributed by atoms with van der Waals surface area (Å²) in [6.45, 7) is 0.925. The van der Waals surface area contributed by atoms with Crippen LogP contribution in [0.15, 0.2) is 29.2 Å². The normalized spacial score (nSPS) is 34.2. The molecule has 5 aliphatic rings. The topological polar surface area (TPSA) is 66.5 Å². The van der Waals surface area contributed by atoms with Crippen molar-refractivity contribution in [3.63, 3.8) is 0 Å². The number of piperidine rings is 1. The quantitative estimate of drug-likeness (QED) is 0.730. The van der Waals surface area contributed by atoms with E-state index in [0.717, 1.165) is 30.6 Å². The van der Waals surface area contributed by atoms with Crippen LogP contribution in [0.5, 0.6) is 0 Å². The standard InChI is InChI=1S/C23H31ClN2O3S/c24-20-2-1-3-21(12-20)30(28,29)26-6-4-16(5-7-26)11-22(27)25-23-13-17-8-18(14-23)10-19(9-17)15-23/h1-3,12,16-19H,4-11,13-15H2,(H,25,27). The Kier molecular flexibility index (Phi) is 5.39. The number of sulfonamides is 1. The second kappa shape index (κ2) is 7.79. The van der Waals surface area contributed by atoms with Crippen LogP contribution in [0.4, 0.5) is 0 Å². The van der Waals surface area contributed by atoms with Crippen LogP contribution in [0.1, 0.15) is 57.8 Å². The van der Waals surface area contributed by atoms with Gasteiger partial charge in [-0.3, -0.25) is 4.79 Å². The molecular formula is C23H31ClN2O3S. The van der Waals surface area contributed by atoms with Gasteiger partial charge in [-0.2, -0.15) is 4.31 Å². The van der Waals surface area contributed by atoms with Crippen molar-refractivity contribution >= 4 is 27.5 Å². The van der Waals surface area contributed by atoms with E-state index in [1.807, 2.05) is 0 Å². The Morgan fingerprint density at radius 3 is 2.23 bits per heavy atom. The number of nitrogens with one attached hydrogen (secondary N) is 1. The summed E-state index contributed by atoms with van der Waals surface area (Å²) in [6, 6.07) is 6.43. The fourth-order valence-electron chi connectivity index (χ4n) is 7.00. The molecule has 1 N–H and O–H groups in total. The molecule has 4 bridgehead atoms. The minimum Gasteiger partial charge on any atom is -0.351 e. The van der Waals surface area contributed by atoms with Crippen LogP contribution >= 0.6 is 11.6 Å². The Balaban J connectivity index is 1.15. The molecule has 1 saturated heterocycles. The Morgan fingerprint density at radius 2 is 1.67 bits per heavy atom. The minimum absolute atomic E-state index is 0.0580. The van der Waals surface area contributed by atoms with Gasteiger partial charge in [0.25, 0.3) is 0 Å². The van der Waals surface area contributed by atoms with Gasteiger partial charge in [0, 0.05) is 30.1 Å². The third-order valence-electron chi connectivity index (χ3n) is 7.92. The maximum atomic E-state index is 12.9. The van der Waals surface area contributed by atoms with Gasteiger partial charge in [-0.05, 0) is 93.2 Å². The molecule has 1 heterocycles. The lowest BCUT2D eigenvalue weighted by molar-refractivity contribution is -0.128. The number of hydrogen-bond donors (Lipinski definition) is 1.